The number of nitrogens with one attached hydrogen (secondary N) is 1. The molecule has 3 aromatic rings. The standard InChI is InChI=1S/C18H19N3O/c1-3-21(12-14-7-5-4-6-8-14)18(22)15-9-10-16-17(11-15)20-13(2)19-16/h4-11H,3,12H2,1-2H3,(H,19,20). The summed E-state index contributed by atoms with van der Waals surface area (Å²) in [5, 5.41) is 0. The van der Waals surface area contributed by atoms with Crippen LogP contribution < -0.4 is 0 Å². The van der Waals surface area contributed by atoms with Crippen LogP contribution in [0.4, 0.5) is 0 Å². The van der Waals surface area contributed by atoms with Crippen molar-refractivity contribution in [2.24, 2.45) is 0 Å². The smallest absolute Gasteiger partial charge is 0.254 e. The summed E-state index contributed by atoms with van der Waals surface area (Å²) < 4.78 is 0. The van der Waals surface area contributed by atoms with E-state index >= 15 is 0 Å². The Labute approximate surface area is 129 Å². The van der Waals surface area contributed by atoms with Gasteiger partial charge in [0, 0.05) is 18.7 Å². The zero-order chi connectivity index (χ0) is 15.5. The summed E-state index contributed by atoms with van der Waals surface area (Å²) in [6, 6.07) is 15.7. The lowest BCUT2D eigenvalue weighted by molar-refractivity contribution is 0.0752. The van der Waals surface area contributed by atoms with E-state index in [1.54, 1.807) is 0 Å². The fourth-order valence-electron chi connectivity index (χ4n) is 2.58. The first-order valence-electron chi connectivity index (χ1n) is 7.47. The van der Waals surface area contributed by atoms with Gasteiger partial charge in [-0.15, -0.1) is 0 Å². The molecule has 0 bridgehead atoms. The molecule has 0 saturated heterocycles. The fraction of sp³-hybridized carbons (Fsp3) is 0.222. The first kappa shape index (κ1) is 14.3. The van der Waals surface area contributed by atoms with Crippen molar-refractivity contribution >= 4 is 16.9 Å². The zero-order valence-corrected chi connectivity index (χ0v) is 12.8. The van der Waals surface area contributed by atoms with Crippen molar-refractivity contribution in [1.82, 2.24) is 14.9 Å². The Bertz CT molecular complexity index is 792. The van der Waals surface area contributed by atoms with Gasteiger partial charge in [0.1, 0.15) is 5.82 Å². The third-order valence-corrected chi connectivity index (χ3v) is 3.73. The van der Waals surface area contributed by atoms with Crippen LogP contribution in [-0.2, 0) is 6.54 Å². The van der Waals surface area contributed by atoms with Crippen LogP contribution in [0, 0.1) is 6.92 Å². The molecule has 1 amide bonds. The SMILES string of the molecule is CCN(Cc1ccccc1)C(=O)c1ccc2nc(C)[nH]c2c1. The Balaban J connectivity index is 1.85. The maximum Gasteiger partial charge on any atom is 0.254 e. The van der Waals surface area contributed by atoms with Crippen LogP contribution in [0.3, 0.4) is 0 Å². The monoisotopic (exact) mass is 293 g/mol. The van der Waals surface area contributed by atoms with Gasteiger partial charge in [0.25, 0.3) is 5.91 Å². The molecule has 22 heavy (non-hydrogen) atoms. The average Bonchev–Trinajstić information content (AvgIpc) is 2.92. The summed E-state index contributed by atoms with van der Waals surface area (Å²) >= 11 is 0. The van der Waals surface area contributed by atoms with Crippen molar-refractivity contribution in [3.63, 3.8) is 0 Å². The minimum atomic E-state index is 0.0421. The topological polar surface area (TPSA) is 49.0 Å². The predicted octanol–water partition coefficient (Wildman–Crippen LogP) is 3.53. The van der Waals surface area contributed by atoms with Crippen molar-refractivity contribution in [2.75, 3.05) is 6.54 Å². The van der Waals surface area contributed by atoms with Gasteiger partial charge in [0.2, 0.25) is 0 Å². The lowest BCUT2D eigenvalue weighted by Crippen LogP contribution is -2.30. The molecule has 1 heterocycles. The van der Waals surface area contributed by atoms with Crippen molar-refractivity contribution < 1.29 is 4.79 Å². The number of amides is 1. The molecular weight excluding hydrogens is 274 g/mol. The van der Waals surface area contributed by atoms with Gasteiger partial charge >= 0.3 is 0 Å². The van der Waals surface area contributed by atoms with Crippen LogP contribution in [0.1, 0.15) is 28.7 Å². The van der Waals surface area contributed by atoms with Crippen molar-refractivity contribution in [3.05, 3.63) is 65.5 Å². The first-order chi connectivity index (χ1) is 10.7. The van der Waals surface area contributed by atoms with Gasteiger partial charge in [0.15, 0.2) is 0 Å². The molecule has 0 fully saturated rings. The van der Waals surface area contributed by atoms with Crippen molar-refractivity contribution in [1.29, 1.82) is 0 Å². The highest BCUT2D eigenvalue weighted by atomic mass is 16.2. The Morgan fingerprint density at radius 1 is 1.18 bits per heavy atom. The number of carbonyl (C=O) groups is 1. The molecule has 4 heteroatoms. The summed E-state index contributed by atoms with van der Waals surface area (Å²) in [5.41, 5.74) is 3.62. The van der Waals surface area contributed by atoms with E-state index in [9.17, 15) is 4.79 Å². The Morgan fingerprint density at radius 3 is 2.68 bits per heavy atom. The van der Waals surface area contributed by atoms with Crippen LogP contribution in [0.25, 0.3) is 11.0 Å². The van der Waals surface area contributed by atoms with Gasteiger partial charge in [0.05, 0.1) is 11.0 Å². The number of rotatable bonds is 4. The molecule has 0 radical (unpaired) electrons. The average molecular weight is 293 g/mol. The summed E-state index contributed by atoms with van der Waals surface area (Å²) in [7, 11) is 0. The minimum Gasteiger partial charge on any atom is -0.342 e. The Morgan fingerprint density at radius 2 is 1.95 bits per heavy atom. The number of fused-ring (bicyclic) bond motifs is 1. The largest absolute Gasteiger partial charge is 0.342 e. The van der Waals surface area contributed by atoms with E-state index in [1.165, 1.54) is 0 Å². The summed E-state index contributed by atoms with van der Waals surface area (Å²) in [6.07, 6.45) is 0. The molecule has 0 aliphatic rings. The van der Waals surface area contributed by atoms with Crippen molar-refractivity contribution in [3.8, 4) is 0 Å². The number of aromatic amines is 1. The second-order valence-corrected chi connectivity index (χ2v) is 5.36. The number of nitrogens with zero attached hydrogens (tertiary/aromatic N) is 2. The highest BCUT2D eigenvalue weighted by Gasteiger charge is 2.15. The zero-order valence-electron chi connectivity index (χ0n) is 12.8. The Hall–Kier alpha value is -2.62. The summed E-state index contributed by atoms with van der Waals surface area (Å²) in [5.74, 6) is 0.900. The third-order valence-electron chi connectivity index (χ3n) is 3.73. The van der Waals surface area contributed by atoms with E-state index in [2.05, 4.69) is 9.97 Å². The van der Waals surface area contributed by atoms with Gasteiger partial charge < -0.3 is 9.88 Å². The number of aryl methyl sites for hydroxylation is 1. The van der Waals surface area contributed by atoms with E-state index in [4.69, 9.17) is 0 Å². The molecule has 0 unspecified atom stereocenters. The first-order valence-corrected chi connectivity index (χ1v) is 7.47. The van der Waals surface area contributed by atoms with Gasteiger partial charge in [-0.05, 0) is 37.6 Å². The lowest BCUT2D eigenvalue weighted by atomic mass is 10.1. The van der Waals surface area contributed by atoms with Crippen LogP contribution >= 0.6 is 0 Å². The lowest BCUT2D eigenvalue weighted by Gasteiger charge is -2.21. The maximum atomic E-state index is 12.7. The maximum absolute atomic E-state index is 12.7. The molecule has 1 N–H and O–H groups in total. The Kier molecular flexibility index (Phi) is 3.92. The third kappa shape index (κ3) is 2.86. The van der Waals surface area contributed by atoms with E-state index in [-0.39, 0.29) is 5.91 Å². The number of hydrogen-bond donors (Lipinski definition) is 1. The minimum absolute atomic E-state index is 0.0421. The molecule has 0 aliphatic carbocycles. The quantitative estimate of drug-likeness (QED) is 0.800. The molecule has 0 aliphatic heterocycles. The second kappa shape index (κ2) is 6.02. The molecule has 4 nitrogen and oxygen atoms in total. The number of carbonyl (C=O) groups excluding carboxylic acids is 1. The predicted molar refractivity (Wildman–Crippen MR) is 87.7 cm³/mol. The van der Waals surface area contributed by atoms with E-state index in [0.717, 1.165) is 22.4 Å². The molecule has 2 aromatic carbocycles. The van der Waals surface area contributed by atoms with Crippen LogP contribution in [-0.4, -0.2) is 27.3 Å². The number of hydrogen-bond acceptors (Lipinski definition) is 2. The van der Waals surface area contributed by atoms with E-state index < -0.39 is 0 Å². The molecule has 0 saturated carbocycles. The van der Waals surface area contributed by atoms with Gasteiger partial charge in [-0.1, -0.05) is 30.3 Å². The number of benzene rings is 2. The fourth-order valence-corrected chi connectivity index (χ4v) is 2.58. The molecule has 112 valence electrons. The highest BCUT2D eigenvalue weighted by molar-refractivity contribution is 5.97. The normalized spacial score (nSPS) is 10.8. The molecule has 0 atom stereocenters. The summed E-state index contributed by atoms with van der Waals surface area (Å²) in [4.78, 5) is 22.1. The number of H-pyrrole nitrogens is 1. The summed E-state index contributed by atoms with van der Waals surface area (Å²) in [6.45, 7) is 5.21. The molecule has 1 aromatic heterocycles. The van der Waals surface area contributed by atoms with Gasteiger partial charge in [-0.2, -0.15) is 0 Å². The van der Waals surface area contributed by atoms with E-state index in [0.29, 0.717) is 18.7 Å². The molecular formula is C18H19N3O. The van der Waals surface area contributed by atoms with Crippen LogP contribution in [0.2, 0.25) is 0 Å². The van der Waals surface area contributed by atoms with Gasteiger partial charge in [-0.3, -0.25) is 4.79 Å². The van der Waals surface area contributed by atoms with Crippen LogP contribution in [0.5, 0.6) is 0 Å². The number of aromatic nitrogens is 2. The molecule has 3 rings (SSSR count). The van der Waals surface area contributed by atoms with Crippen molar-refractivity contribution in [2.45, 2.75) is 20.4 Å². The highest BCUT2D eigenvalue weighted by Crippen LogP contribution is 2.16. The van der Waals surface area contributed by atoms with Gasteiger partial charge in [-0.25, -0.2) is 4.98 Å². The van der Waals surface area contributed by atoms with E-state index in [1.807, 2.05) is 67.3 Å². The number of imidazole rings is 1. The molecule has 0 spiro atoms. The van der Waals surface area contributed by atoms with Crippen LogP contribution in [0.15, 0.2) is 48.5 Å². The second-order valence-electron chi connectivity index (χ2n) is 5.36.